The second-order valence-corrected chi connectivity index (χ2v) is 6.85. The van der Waals surface area contributed by atoms with Crippen LogP contribution in [-0.4, -0.2) is 23.2 Å². The summed E-state index contributed by atoms with van der Waals surface area (Å²) in [5.74, 6) is 0.888. The van der Waals surface area contributed by atoms with Crippen LogP contribution in [-0.2, 0) is 13.0 Å². The number of amides is 2. The van der Waals surface area contributed by atoms with Gasteiger partial charge in [-0.1, -0.05) is 18.2 Å². The number of benzene rings is 1. The summed E-state index contributed by atoms with van der Waals surface area (Å²) in [6, 6.07) is 13.9. The number of rotatable bonds is 8. The molecular weight excluding hydrogens is 326 g/mol. The zero-order valence-electron chi connectivity index (χ0n) is 16.1. The molecule has 0 radical (unpaired) electrons. The van der Waals surface area contributed by atoms with E-state index >= 15 is 0 Å². The molecule has 2 amide bonds. The van der Waals surface area contributed by atoms with Crippen molar-refractivity contribution in [1.29, 1.82) is 0 Å². The third kappa shape index (κ3) is 7.13. The predicted molar refractivity (Wildman–Crippen MR) is 104 cm³/mol. The molecule has 0 saturated carbocycles. The highest BCUT2D eigenvalue weighted by Gasteiger charge is 2.08. The van der Waals surface area contributed by atoms with E-state index in [9.17, 15) is 4.79 Å². The molecule has 1 heterocycles. The van der Waals surface area contributed by atoms with Gasteiger partial charge in [-0.15, -0.1) is 0 Å². The van der Waals surface area contributed by atoms with Gasteiger partial charge in [0, 0.05) is 11.7 Å². The lowest BCUT2D eigenvalue weighted by atomic mass is 10.1. The molecular formula is C21H29N3O2. The molecule has 1 aromatic carbocycles. The molecule has 0 bridgehead atoms. The summed E-state index contributed by atoms with van der Waals surface area (Å²) in [6.45, 7) is 8.41. The van der Waals surface area contributed by atoms with Crippen molar-refractivity contribution in [3.8, 4) is 5.75 Å². The zero-order valence-corrected chi connectivity index (χ0v) is 16.1. The predicted octanol–water partition coefficient (Wildman–Crippen LogP) is 4.00. The van der Waals surface area contributed by atoms with Crippen LogP contribution >= 0.6 is 0 Å². The Balaban J connectivity index is 1.70. The summed E-state index contributed by atoms with van der Waals surface area (Å²) in [5, 5.41) is 5.82. The summed E-state index contributed by atoms with van der Waals surface area (Å²) < 4.78 is 5.65. The maximum Gasteiger partial charge on any atom is 0.315 e. The first-order valence-electron chi connectivity index (χ1n) is 9.15. The van der Waals surface area contributed by atoms with E-state index in [4.69, 9.17) is 4.74 Å². The summed E-state index contributed by atoms with van der Waals surface area (Å²) in [7, 11) is 0. The second-order valence-electron chi connectivity index (χ2n) is 6.85. The third-order valence-corrected chi connectivity index (χ3v) is 3.91. The average molecular weight is 355 g/mol. The smallest absolute Gasteiger partial charge is 0.315 e. The lowest BCUT2D eigenvalue weighted by Gasteiger charge is -2.15. The van der Waals surface area contributed by atoms with Crippen LogP contribution in [0.15, 0.2) is 42.5 Å². The van der Waals surface area contributed by atoms with Gasteiger partial charge >= 0.3 is 6.03 Å². The molecule has 0 aliphatic carbocycles. The van der Waals surface area contributed by atoms with Gasteiger partial charge in [0.15, 0.2) is 0 Å². The van der Waals surface area contributed by atoms with Gasteiger partial charge < -0.3 is 15.4 Å². The molecule has 0 aliphatic heterocycles. The van der Waals surface area contributed by atoms with E-state index in [0.717, 1.165) is 30.0 Å². The summed E-state index contributed by atoms with van der Waals surface area (Å²) in [5.41, 5.74) is 3.04. The van der Waals surface area contributed by atoms with Crippen LogP contribution in [0.2, 0.25) is 0 Å². The number of carbonyl (C=O) groups is 1. The maximum absolute atomic E-state index is 12.0. The number of hydrogen-bond donors (Lipinski definition) is 2. The Hall–Kier alpha value is -2.56. The Bertz CT molecular complexity index is 699. The SMILES string of the molecule is Cc1cccc(CNC(=O)NC(C)CCc2ccc(OC(C)C)cc2)n1. The van der Waals surface area contributed by atoms with E-state index in [1.54, 1.807) is 0 Å². The number of aromatic nitrogens is 1. The molecule has 5 nitrogen and oxygen atoms in total. The molecule has 0 saturated heterocycles. The molecule has 0 aliphatic rings. The molecule has 1 atom stereocenters. The highest BCUT2D eigenvalue weighted by atomic mass is 16.5. The molecule has 26 heavy (non-hydrogen) atoms. The van der Waals surface area contributed by atoms with Crippen molar-refractivity contribution in [2.45, 2.75) is 59.2 Å². The molecule has 2 aromatic rings. The van der Waals surface area contributed by atoms with Crippen molar-refractivity contribution < 1.29 is 9.53 Å². The molecule has 2 rings (SSSR count). The Morgan fingerprint density at radius 3 is 2.50 bits per heavy atom. The van der Waals surface area contributed by atoms with Crippen molar-refractivity contribution in [3.05, 3.63) is 59.4 Å². The van der Waals surface area contributed by atoms with Crippen molar-refractivity contribution in [3.63, 3.8) is 0 Å². The zero-order chi connectivity index (χ0) is 18.9. The Kier molecular flexibility index (Phi) is 7.45. The number of carbonyl (C=O) groups excluding carboxylic acids is 1. The fourth-order valence-electron chi connectivity index (χ4n) is 2.61. The van der Waals surface area contributed by atoms with Crippen LogP contribution in [0.25, 0.3) is 0 Å². The number of nitrogens with zero attached hydrogens (tertiary/aromatic N) is 1. The quantitative estimate of drug-likeness (QED) is 0.752. The van der Waals surface area contributed by atoms with Crippen LogP contribution in [0.3, 0.4) is 0 Å². The molecule has 0 spiro atoms. The van der Waals surface area contributed by atoms with E-state index in [1.165, 1.54) is 5.56 Å². The summed E-state index contributed by atoms with van der Waals surface area (Å²) in [6.07, 6.45) is 1.96. The van der Waals surface area contributed by atoms with Crippen LogP contribution in [0.1, 0.15) is 44.1 Å². The minimum absolute atomic E-state index is 0.0899. The van der Waals surface area contributed by atoms with Gasteiger partial charge in [0.1, 0.15) is 5.75 Å². The molecule has 140 valence electrons. The van der Waals surface area contributed by atoms with E-state index in [0.29, 0.717) is 6.54 Å². The minimum Gasteiger partial charge on any atom is -0.491 e. The van der Waals surface area contributed by atoms with Gasteiger partial charge in [-0.2, -0.15) is 0 Å². The van der Waals surface area contributed by atoms with E-state index < -0.39 is 0 Å². The minimum atomic E-state index is -0.165. The number of pyridine rings is 1. The lowest BCUT2D eigenvalue weighted by Crippen LogP contribution is -2.40. The Morgan fingerprint density at radius 1 is 1.12 bits per heavy atom. The van der Waals surface area contributed by atoms with Gasteiger partial charge in [0.25, 0.3) is 0 Å². The number of aryl methyl sites for hydroxylation is 2. The standard InChI is InChI=1S/C21H29N3O2/c1-15(2)26-20-12-10-18(11-13-20)9-8-17(4)24-21(25)22-14-19-7-5-6-16(3)23-19/h5-7,10-13,15,17H,8-9,14H2,1-4H3,(H2,22,24,25). The molecule has 2 N–H and O–H groups in total. The Morgan fingerprint density at radius 2 is 1.85 bits per heavy atom. The third-order valence-electron chi connectivity index (χ3n) is 3.91. The lowest BCUT2D eigenvalue weighted by molar-refractivity contribution is 0.236. The van der Waals surface area contributed by atoms with Crippen LogP contribution in [0, 0.1) is 6.92 Å². The first-order valence-corrected chi connectivity index (χ1v) is 9.15. The first kappa shape index (κ1) is 19.8. The van der Waals surface area contributed by atoms with E-state index in [-0.39, 0.29) is 18.2 Å². The monoisotopic (exact) mass is 355 g/mol. The van der Waals surface area contributed by atoms with Crippen molar-refractivity contribution >= 4 is 6.03 Å². The summed E-state index contributed by atoms with van der Waals surface area (Å²) in [4.78, 5) is 16.4. The van der Waals surface area contributed by atoms with Gasteiger partial charge in [0.05, 0.1) is 18.3 Å². The molecule has 1 unspecified atom stereocenters. The van der Waals surface area contributed by atoms with Crippen molar-refractivity contribution in [1.82, 2.24) is 15.6 Å². The fourth-order valence-corrected chi connectivity index (χ4v) is 2.61. The maximum atomic E-state index is 12.0. The number of ether oxygens (including phenoxy) is 1. The fraction of sp³-hybridized carbons (Fsp3) is 0.429. The summed E-state index contributed by atoms with van der Waals surface area (Å²) >= 11 is 0. The number of urea groups is 1. The van der Waals surface area contributed by atoms with Crippen LogP contribution < -0.4 is 15.4 Å². The van der Waals surface area contributed by atoms with Crippen molar-refractivity contribution in [2.75, 3.05) is 0 Å². The van der Waals surface area contributed by atoms with E-state index in [1.807, 2.05) is 58.0 Å². The second kappa shape index (κ2) is 9.80. The Labute approximate surface area is 156 Å². The van der Waals surface area contributed by atoms with Gasteiger partial charge in [-0.25, -0.2) is 4.79 Å². The van der Waals surface area contributed by atoms with Gasteiger partial charge in [-0.3, -0.25) is 4.98 Å². The first-order chi connectivity index (χ1) is 12.4. The van der Waals surface area contributed by atoms with Crippen molar-refractivity contribution in [2.24, 2.45) is 0 Å². The van der Waals surface area contributed by atoms with E-state index in [2.05, 4.69) is 27.8 Å². The van der Waals surface area contributed by atoms with Crippen LogP contribution in [0.4, 0.5) is 4.79 Å². The molecule has 0 fully saturated rings. The van der Waals surface area contributed by atoms with Gasteiger partial charge in [0.2, 0.25) is 0 Å². The number of nitrogens with one attached hydrogen (secondary N) is 2. The largest absolute Gasteiger partial charge is 0.491 e. The van der Waals surface area contributed by atoms with Crippen LogP contribution in [0.5, 0.6) is 5.75 Å². The average Bonchev–Trinajstić information content (AvgIpc) is 2.59. The highest BCUT2D eigenvalue weighted by molar-refractivity contribution is 5.74. The highest BCUT2D eigenvalue weighted by Crippen LogP contribution is 2.15. The van der Waals surface area contributed by atoms with Gasteiger partial charge in [-0.05, 0) is 70.4 Å². The normalized spacial score (nSPS) is 11.9. The topological polar surface area (TPSA) is 63.2 Å². The number of hydrogen-bond acceptors (Lipinski definition) is 3. The molecule has 5 heteroatoms. The molecule has 1 aromatic heterocycles.